The van der Waals surface area contributed by atoms with E-state index in [1.165, 1.54) is 19.4 Å². The molecule has 4 aromatic rings. The molecular weight excluding hydrogens is 462 g/mol. The van der Waals surface area contributed by atoms with Crippen LogP contribution in [-0.2, 0) is 19.4 Å². The van der Waals surface area contributed by atoms with Gasteiger partial charge in [-0.25, -0.2) is 0 Å². The molecule has 0 aliphatic carbocycles. The Morgan fingerprint density at radius 3 is 2.61 bits per heavy atom. The number of hydrogen-bond acceptors (Lipinski definition) is 5. The van der Waals surface area contributed by atoms with Crippen LogP contribution in [0.3, 0.4) is 0 Å². The van der Waals surface area contributed by atoms with Crippen LogP contribution in [0.15, 0.2) is 55.0 Å². The van der Waals surface area contributed by atoms with E-state index in [9.17, 15) is 0 Å². The summed E-state index contributed by atoms with van der Waals surface area (Å²) < 4.78 is 2.01. The van der Waals surface area contributed by atoms with Gasteiger partial charge >= 0.3 is 143 Å². The molecule has 3 heterocycles. The van der Waals surface area contributed by atoms with Gasteiger partial charge in [-0.2, -0.15) is 0 Å². The molecule has 7 heteroatoms. The van der Waals surface area contributed by atoms with Crippen molar-refractivity contribution in [2.24, 2.45) is 0 Å². The van der Waals surface area contributed by atoms with E-state index in [1.807, 2.05) is 39.6 Å². The van der Waals surface area contributed by atoms with E-state index in [2.05, 4.69) is 19.9 Å². The monoisotopic (exact) mass is 474 g/mol. The molecule has 0 aliphatic rings. The topological polar surface area (TPSA) is 82.5 Å². The average Bonchev–Trinajstić information content (AvgIpc) is 2.93. The number of nitrogens with zero attached hydrogens (tertiary/aromatic N) is 5. The van der Waals surface area contributed by atoms with Gasteiger partial charge in [0.25, 0.3) is 0 Å². The Balaban J connectivity index is 1.92. The standard InChI is InChI=1S/C16H11N6.Re/c17-15-14(16-21-11-6-7-18-8-13(11)22-16)20-12(9-19-15)10-4-2-1-3-5-10;/h1-9H,(H2-,17,19,21,22);/q-1;+1. The van der Waals surface area contributed by atoms with Gasteiger partial charge in [-0.05, 0) is 0 Å². The molecule has 4 rings (SSSR count). The summed E-state index contributed by atoms with van der Waals surface area (Å²) in [5.41, 5.74) is 10.2. The molecule has 0 saturated heterocycles. The van der Waals surface area contributed by atoms with E-state index in [1.54, 1.807) is 18.6 Å². The molecule has 0 fully saturated rings. The zero-order valence-electron chi connectivity index (χ0n) is 11.9. The normalized spacial score (nSPS) is 11.0. The van der Waals surface area contributed by atoms with Gasteiger partial charge in [0, 0.05) is 0 Å². The first-order valence-electron chi connectivity index (χ1n) is 6.91. The fourth-order valence-corrected chi connectivity index (χ4v) is 3.30. The summed E-state index contributed by atoms with van der Waals surface area (Å²) in [6.45, 7) is 0. The fraction of sp³-hybridized carbons (Fsp3) is 0. The number of imidazole rings is 1. The molecule has 0 aliphatic heterocycles. The molecule has 0 radical (unpaired) electrons. The number of rotatable bonds is 2. The molecule has 23 heavy (non-hydrogen) atoms. The summed E-state index contributed by atoms with van der Waals surface area (Å²) in [6.07, 6.45) is 5.17. The molecule has 0 saturated carbocycles. The Labute approximate surface area is 143 Å². The van der Waals surface area contributed by atoms with Crippen molar-refractivity contribution in [3.8, 4) is 22.8 Å². The zero-order chi connectivity index (χ0) is 15.8. The van der Waals surface area contributed by atoms with E-state index in [0.29, 0.717) is 17.3 Å². The van der Waals surface area contributed by atoms with Gasteiger partial charge in [0.05, 0.1) is 0 Å². The summed E-state index contributed by atoms with van der Waals surface area (Å²) in [4.78, 5) is 17.7. The maximum atomic E-state index is 6.05. The first kappa shape index (κ1) is 14.0. The second kappa shape index (κ2) is 5.54. The molecule has 112 valence electrons. The van der Waals surface area contributed by atoms with Gasteiger partial charge in [0.1, 0.15) is 0 Å². The SMILES string of the molecule is Nc1ncc(-c2ccccc2)nc1-c1nc2cnccc2[n]1[Re]. The Bertz CT molecular complexity index is 996. The molecule has 6 nitrogen and oxygen atoms in total. The van der Waals surface area contributed by atoms with Crippen molar-refractivity contribution in [2.45, 2.75) is 0 Å². The van der Waals surface area contributed by atoms with Crippen molar-refractivity contribution < 1.29 is 19.4 Å². The van der Waals surface area contributed by atoms with Crippen molar-refractivity contribution >= 4 is 16.9 Å². The summed E-state index contributed by atoms with van der Waals surface area (Å²) in [5.74, 6) is 1.07. The first-order chi connectivity index (χ1) is 11.2. The number of fused-ring (bicyclic) bond motifs is 1. The van der Waals surface area contributed by atoms with Crippen molar-refractivity contribution in [1.29, 1.82) is 0 Å². The van der Waals surface area contributed by atoms with Gasteiger partial charge in [-0.1, -0.05) is 0 Å². The van der Waals surface area contributed by atoms with Crippen molar-refractivity contribution in [3.63, 3.8) is 0 Å². The van der Waals surface area contributed by atoms with Gasteiger partial charge < -0.3 is 0 Å². The van der Waals surface area contributed by atoms with Crippen molar-refractivity contribution in [2.75, 3.05) is 5.73 Å². The van der Waals surface area contributed by atoms with Crippen LogP contribution >= 0.6 is 0 Å². The van der Waals surface area contributed by atoms with Crippen LogP contribution in [0.4, 0.5) is 5.82 Å². The van der Waals surface area contributed by atoms with Crippen molar-refractivity contribution in [1.82, 2.24) is 23.1 Å². The average molecular weight is 474 g/mol. The third kappa shape index (κ3) is 2.40. The van der Waals surface area contributed by atoms with Gasteiger partial charge in [-0.15, -0.1) is 0 Å². The van der Waals surface area contributed by atoms with Crippen LogP contribution in [0.1, 0.15) is 0 Å². The number of aromatic nitrogens is 5. The number of benzene rings is 1. The Morgan fingerprint density at radius 1 is 1.00 bits per heavy atom. The van der Waals surface area contributed by atoms with Crippen LogP contribution in [0.2, 0.25) is 0 Å². The molecule has 3 aromatic heterocycles. The van der Waals surface area contributed by atoms with Gasteiger partial charge in [0.2, 0.25) is 0 Å². The number of pyridine rings is 1. The summed E-state index contributed by atoms with van der Waals surface area (Å²) in [7, 11) is 0. The zero-order valence-corrected chi connectivity index (χ0v) is 14.6. The summed E-state index contributed by atoms with van der Waals surface area (Å²) in [6, 6.07) is 11.8. The number of anilines is 1. The minimum atomic E-state index is 0.366. The Kier molecular flexibility index (Phi) is 3.37. The quantitative estimate of drug-likeness (QED) is 0.484. The van der Waals surface area contributed by atoms with E-state index >= 15 is 0 Å². The first-order valence-corrected chi connectivity index (χ1v) is 8.12. The molecule has 0 amide bonds. The second-order valence-electron chi connectivity index (χ2n) is 4.94. The number of nitrogen functional groups attached to an aromatic ring is 1. The van der Waals surface area contributed by atoms with E-state index in [4.69, 9.17) is 5.73 Å². The molecule has 0 atom stereocenters. The van der Waals surface area contributed by atoms with Crippen LogP contribution in [0.5, 0.6) is 0 Å². The van der Waals surface area contributed by atoms with E-state index in [-0.39, 0.29) is 0 Å². The maximum absolute atomic E-state index is 6.05. The summed E-state index contributed by atoms with van der Waals surface area (Å²) >= 11 is 1.46. The molecule has 0 spiro atoms. The third-order valence-corrected chi connectivity index (χ3v) is 4.71. The van der Waals surface area contributed by atoms with Crippen LogP contribution in [0.25, 0.3) is 33.8 Å². The minimum absolute atomic E-state index is 0.366. The number of hydrogen-bond donors (Lipinski definition) is 1. The van der Waals surface area contributed by atoms with E-state index < -0.39 is 0 Å². The predicted octanol–water partition coefficient (Wildman–Crippen LogP) is 2.45. The molecule has 2 N–H and O–H groups in total. The molecule has 0 unspecified atom stereocenters. The van der Waals surface area contributed by atoms with Crippen LogP contribution in [0, 0.1) is 0 Å². The molecular formula is C16H11N6Re. The van der Waals surface area contributed by atoms with Crippen LogP contribution < -0.4 is 5.73 Å². The van der Waals surface area contributed by atoms with E-state index in [0.717, 1.165) is 22.3 Å². The summed E-state index contributed by atoms with van der Waals surface area (Å²) in [5, 5.41) is 0. The van der Waals surface area contributed by atoms with Gasteiger partial charge in [0.15, 0.2) is 0 Å². The van der Waals surface area contributed by atoms with Crippen molar-refractivity contribution in [3.05, 3.63) is 55.0 Å². The number of nitrogens with two attached hydrogens (primary N) is 1. The predicted molar refractivity (Wildman–Crippen MR) is 83.8 cm³/mol. The third-order valence-electron chi connectivity index (χ3n) is 3.48. The molecule has 1 aromatic carbocycles. The fourth-order valence-electron chi connectivity index (χ4n) is 2.36. The van der Waals surface area contributed by atoms with Gasteiger partial charge in [-0.3, -0.25) is 0 Å². The second-order valence-corrected chi connectivity index (χ2v) is 6.15. The molecule has 0 bridgehead atoms. The Morgan fingerprint density at radius 2 is 1.83 bits per heavy atom. The van der Waals surface area contributed by atoms with Crippen LogP contribution in [-0.4, -0.2) is 23.1 Å². The Hall–Kier alpha value is -2.62.